The Kier molecular flexibility index (Phi) is 5.80. The highest BCUT2D eigenvalue weighted by Gasteiger charge is 2.28. The molecule has 0 radical (unpaired) electrons. The zero-order chi connectivity index (χ0) is 17.0. The lowest BCUT2D eigenvalue weighted by atomic mass is 9.71. The predicted molar refractivity (Wildman–Crippen MR) is 101 cm³/mol. The third-order valence-corrected chi connectivity index (χ3v) is 6.28. The third kappa shape index (κ3) is 4.32. The minimum atomic E-state index is -1.10. The van der Waals surface area contributed by atoms with Crippen LogP contribution < -0.4 is 0 Å². The Balaban J connectivity index is 2.38. The zero-order valence-electron chi connectivity index (χ0n) is 14.8. The Morgan fingerprint density at radius 1 is 1.26 bits per heavy atom. The fourth-order valence-corrected chi connectivity index (χ4v) is 4.45. The minimum absolute atomic E-state index is 0.155. The smallest absolute Gasteiger partial charge is 0.0810 e. The Bertz CT molecular complexity index is 648. The van der Waals surface area contributed by atoms with Crippen LogP contribution >= 0.6 is 0 Å². The molecule has 0 N–H and O–H groups in total. The van der Waals surface area contributed by atoms with E-state index in [2.05, 4.69) is 46.4 Å². The van der Waals surface area contributed by atoms with Gasteiger partial charge in [-0.25, -0.2) is 4.21 Å². The molecule has 1 fully saturated rings. The van der Waals surface area contributed by atoms with Crippen molar-refractivity contribution in [1.29, 1.82) is 0 Å². The normalized spacial score (nSPS) is 21.7. The van der Waals surface area contributed by atoms with Crippen LogP contribution in [0.4, 0.5) is 0 Å². The molecule has 0 aliphatic heterocycles. The first kappa shape index (κ1) is 17.9. The SMILES string of the molecule is C=C1CCCC(C)(C)/C1=C/C=C(/C(C)C)S(=O)c1ccccc1. The molecule has 1 saturated carbocycles. The fraction of sp³-hybridized carbons (Fsp3) is 0.429. The van der Waals surface area contributed by atoms with Crippen LogP contribution in [0, 0.1) is 11.3 Å². The fourth-order valence-electron chi connectivity index (χ4n) is 3.15. The van der Waals surface area contributed by atoms with Crippen molar-refractivity contribution >= 4 is 10.8 Å². The van der Waals surface area contributed by atoms with Crippen molar-refractivity contribution in [2.24, 2.45) is 11.3 Å². The van der Waals surface area contributed by atoms with Crippen molar-refractivity contribution < 1.29 is 4.21 Å². The zero-order valence-corrected chi connectivity index (χ0v) is 15.6. The summed E-state index contributed by atoms with van der Waals surface area (Å²) in [7, 11) is -1.10. The maximum Gasteiger partial charge on any atom is 0.0810 e. The maximum atomic E-state index is 12.9. The van der Waals surface area contributed by atoms with Crippen molar-refractivity contribution in [2.75, 3.05) is 0 Å². The Morgan fingerprint density at radius 2 is 1.91 bits per heavy atom. The van der Waals surface area contributed by atoms with E-state index in [0.717, 1.165) is 16.2 Å². The standard InChI is InChI=1S/C21H28OS/c1-16(2)20(23(22)18-11-7-6-8-12-18)14-13-19-17(3)10-9-15-21(19,4)5/h6-8,11-14,16H,3,9-10,15H2,1-2,4-5H3/b19-13+,20-14-. The van der Waals surface area contributed by atoms with Gasteiger partial charge in [-0.3, -0.25) is 0 Å². The molecule has 1 aliphatic carbocycles. The van der Waals surface area contributed by atoms with Crippen molar-refractivity contribution in [3.63, 3.8) is 0 Å². The van der Waals surface area contributed by atoms with Gasteiger partial charge >= 0.3 is 0 Å². The molecule has 0 saturated heterocycles. The van der Waals surface area contributed by atoms with Crippen LogP contribution in [-0.2, 0) is 10.8 Å². The highest BCUT2D eigenvalue weighted by Crippen LogP contribution is 2.42. The second-order valence-corrected chi connectivity index (χ2v) is 8.71. The average Bonchev–Trinajstić information content (AvgIpc) is 2.50. The molecule has 2 heteroatoms. The summed E-state index contributed by atoms with van der Waals surface area (Å²) in [5.41, 5.74) is 2.69. The van der Waals surface area contributed by atoms with Crippen LogP contribution in [0.3, 0.4) is 0 Å². The lowest BCUT2D eigenvalue weighted by Crippen LogP contribution is -2.20. The van der Waals surface area contributed by atoms with E-state index in [-0.39, 0.29) is 11.3 Å². The van der Waals surface area contributed by atoms with Crippen LogP contribution in [0.15, 0.2) is 70.0 Å². The summed E-state index contributed by atoms with van der Waals surface area (Å²) in [6, 6.07) is 9.70. The van der Waals surface area contributed by atoms with E-state index < -0.39 is 10.8 Å². The molecule has 23 heavy (non-hydrogen) atoms. The van der Waals surface area contributed by atoms with Gasteiger partial charge in [-0.15, -0.1) is 0 Å². The molecular formula is C21H28OS. The Hall–Kier alpha value is -1.41. The first-order valence-corrected chi connectivity index (χ1v) is 9.55. The highest BCUT2D eigenvalue weighted by molar-refractivity contribution is 7.89. The number of rotatable bonds is 4. The van der Waals surface area contributed by atoms with Gasteiger partial charge in [-0.2, -0.15) is 0 Å². The van der Waals surface area contributed by atoms with Crippen molar-refractivity contribution in [3.05, 3.63) is 65.1 Å². The molecule has 1 aliphatic rings. The van der Waals surface area contributed by atoms with Gasteiger partial charge in [0.25, 0.3) is 0 Å². The second-order valence-electron chi connectivity index (χ2n) is 7.23. The molecule has 0 aromatic heterocycles. The molecule has 0 bridgehead atoms. The van der Waals surface area contributed by atoms with E-state index in [1.807, 2.05) is 30.3 Å². The average molecular weight is 329 g/mol. The number of allylic oxidation sites excluding steroid dienone is 5. The van der Waals surface area contributed by atoms with E-state index in [1.165, 1.54) is 24.0 Å². The topological polar surface area (TPSA) is 17.1 Å². The van der Waals surface area contributed by atoms with E-state index in [4.69, 9.17) is 0 Å². The summed E-state index contributed by atoms with van der Waals surface area (Å²) in [5.74, 6) is 0.243. The van der Waals surface area contributed by atoms with Crippen LogP contribution in [0.1, 0.15) is 47.0 Å². The lowest BCUT2D eigenvalue weighted by Gasteiger charge is -2.34. The van der Waals surface area contributed by atoms with Gasteiger partial charge in [0.15, 0.2) is 0 Å². The summed E-state index contributed by atoms with van der Waals surface area (Å²) >= 11 is 0. The van der Waals surface area contributed by atoms with E-state index >= 15 is 0 Å². The van der Waals surface area contributed by atoms with Gasteiger partial charge in [-0.05, 0) is 54.4 Å². The van der Waals surface area contributed by atoms with Crippen molar-refractivity contribution in [2.45, 2.75) is 51.9 Å². The molecule has 0 amide bonds. The second kappa shape index (κ2) is 7.44. The van der Waals surface area contributed by atoms with Gasteiger partial charge in [0.2, 0.25) is 0 Å². The number of hydrogen-bond acceptors (Lipinski definition) is 1. The summed E-state index contributed by atoms with van der Waals surface area (Å²) in [5, 5.41) is 0. The number of hydrogen-bond donors (Lipinski definition) is 0. The summed E-state index contributed by atoms with van der Waals surface area (Å²) in [6.45, 7) is 13.0. The molecule has 1 nitrogen and oxygen atoms in total. The largest absolute Gasteiger partial charge is 0.249 e. The van der Waals surface area contributed by atoms with Crippen LogP contribution in [0.2, 0.25) is 0 Å². The van der Waals surface area contributed by atoms with Crippen LogP contribution in [0.5, 0.6) is 0 Å². The highest BCUT2D eigenvalue weighted by atomic mass is 32.2. The third-order valence-electron chi connectivity index (χ3n) is 4.55. The van der Waals surface area contributed by atoms with Crippen LogP contribution in [-0.4, -0.2) is 4.21 Å². The Labute approximate surface area is 143 Å². The molecule has 0 heterocycles. The van der Waals surface area contributed by atoms with E-state index in [0.29, 0.717) is 0 Å². The van der Waals surface area contributed by atoms with Crippen molar-refractivity contribution in [1.82, 2.24) is 0 Å². The molecule has 1 aromatic carbocycles. The van der Waals surface area contributed by atoms with Gasteiger partial charge in [0, 0.05) is 9.80 Å². The van der Waals surface area contributed by atoms with Gasteiger partial charge in [0.1, 0.15) is 0 Å². The van der Waals surface area contributed by atoms with Gasteiger partial charge in [0.05, 0.1) is 10.8 Å². The molecule has 1 aromatic rings. The molecule has 2 rings (SSSR count). The minimum Gasteiger partial charge on any atom is -0.249 e. The summed E-state index contributed by atoms with van der Waals surface area (Å²) in [6.07, 6.45) is 7.70. The van der Waals surface area contributed by atoms with Crippen LogP contribution in [0.25, 0.3) is 0 Å². The molecular weight excluding hydrogens is 300 g/mol. The Morgan fingerprint density at radius 3 is 2.48 bits per heavy atom. The first-order valence-electron chi connectivity index (χ1n) is 8.40. The summed E-state index contributed by atoms with van der Waals surface area (Å²) < 4.78 is 12.9. The molecule has 1 atom stereocenters. The van der Waals surface area contributed by atoms with E-state index in [9.17, 15) is 4.21 Å². The predicted octanol–water partition coefficient (Wildman–Crippen LogP) is 6.03. The van der Waals surface area contributed by atoms with Crippen molar-refractivity contribution in [3.8, 4) is 0 Å². The van der Waals surface area contributed by atoms with Gasteiger partial charge < -0.3 is 0 Å². The monoisotopic (exact) mass is 328 g/mol. The van der Waals surface area contributed by atoms with E-state index in [1.54, 1.807) is 0 Å². The first-order chi connectivity index (χ1) is 10.8. The molecule has 124 valence electrons. The molecule has 0 spiro atoms. The number of benzene rings is 1. The quantitative estimate of drug-likeness (QED) is 0.660. The van der Waals surface area contributed by atoms with Gasteiger partial charge in [-0.1, -0.05) is 64.1 Å². The summed E-state index contributed by atoms with van der Waals surface area (Å²) in [4.78, 5) is 1.84. The maximum absolute atomic E-state index is 12.9. The lowest BCUT2D eigenvalue weighted by molar-refractivity contribution is 0.371. The molecule has 1 unspecified atom stereocenters.